The topological polar surface area (TPSA) is 78.3 Å². The number of hydrogen-bond acceptors (Lipinski definition) is 5. The average Bonchev–Trinajstić information content (AvgIpc) is 3.34. The molecule has 1 aliphatic rings. The maximum atomic E-state index is 12.1. The van der Waals surface area contributed by atoms with E-state index >= 15 is 0 Å². The first-order valence-electron chi connectivity index (χ1n) is 9.12. The molecule has 0 radical (unpaired) electrons. The number of nitrogens with zero attached hydrogens (tertiary/aromatic N) is 3. The van der Waals surface area contributed by atoms with Gasteiger partial charge in [0.05, 0.1) is 25.8 Å². The van der Waals surface area contributed by atoms with Gasteiger partial charge in [0.2, 0.25) is 5.91 Å². The Labute approximate surface area is 153 Å². The number of benzene rings is 1. The summed E-state index contributed by atoms with van der Waals surface area (Å²) in [5.41, 5.74) is 0.981. The molecule has 7 nitrogen and oxygen atoms in total. The van der Waals surface area contributed by atoms with E-state index in [1.165, 1.54) is 19.2 Å². The molecule has 1 heterocycles. The van der Waals surface area contributed by atoms with Crippen molar-refractivity contribution in [3.8, 4) is 11.5 Å². The highest BCUT2D eigenvalue weighted by Crippen LogP contribution is 2.33. The van der Waals surface area contributed by atoms with Crippen molar-refractivity contribution in [1.82, 2.24) is 20.1 Å². The fraction of sp³-hybridized carbons (Fsp3) is 0.526. The van der Waals surface area contributed by atoms with Crippen LogP contribution in [0.1, 0.15) is 50.6 Å². The minimum absolute atomic E-state index is 0.0294. The van der Waals surface area contributed by atoms with Crippen molar-refractivity contribution in [2.75, 3.05) is 7.11 Å². The van der Waals surface area contributed by atoms with Crippen molar-refractivity contribution in [2.45, 2.75) is 57.7 Å². The van der Waals surface area contributed by atoms with Crippen LogP contribution in [0, 0.1) is 0 Å². The first-order valence-corrected chi connectivity index (χ1v) is 9.12. The van der Waals surface area contributed by atoms with E-state index in [1.54, 1.807) is 18.1 Å². The van der Waals surface area contributed by atoms with E-state index in [0.717, 1.165) is 24.2 Å². The third kappa shape index (κ3) is 4.74. The smallest absolute Gasteiger partial charge is 0.222 e. The van der Waals surface area contributed by atoms with Gasteiger partial charge < -0.3 is 14.8 Å². The van der Waals surface area contributed by atoms with Crippen LogP contribution >= 0.6 is 0 Å². The van der Waals surface area contributed by atoms with Crippen molar-refractivity contribution >= 4 is 5.91 Å². The molecule has 140 valence electrons. The van der Waals surface area contributed by atoms with E-state index in [0.29, 0.717) is 18.7 Å². The second-order valence-corrected chi connectivity index (χ2v) is 6.63. The molecule has 3 rings (SSSR count). The molecule has 26 heavy (non-hydrogen) atoms. The Morgan fingerprint density at radius 2 is 2.15 bits per heavy atom. The first kappa shape index (κ1) is 18.2. The molecule has 0 saturated heterocycles. The maximum absolute atomic E-state index is 12.1. The van der Waals surface area contributed by atoms with Gasteiger partial charge >= 0.3 is 0 Å². The zero-order chi connectivity index (χ0) is 18.4. The van der Waals surface area contributed by atoms with Crippen LogP contribution in [0.15, 0.2) is 30.9 Å². The summed E-state index contributed by atoms with van der Waals surface area (Å²) in [6.45, 7) is 2.47. The van der Waals surface area contributed by atoms with E-state index < -0.39 is 0 Å². The monoisotopic (exact) mass is 358 g/mol. The molecule has 0 bridgehead atoms. The van der Waals surface area contributed by atoms with E-state index in [4.69, 9.17) is 9.47 Å². The molecule has 1 aromatic carbocycles. The van der Waals surface area contributed by atoms with Crippen molar-refractivity contribution in [3.05, 3.63) is 36.4 Å². The third-order valence-electron chi connectivity index (χ3n) is 4.70. The second kappa shape index (κ2) is 8.69. The van der Waals surface area contributed by atoms with Gasteiger partial charge in [0.25, 0.3) is 0 Å². The minimum atomic E-state index is -0.118. The van der Waals surface area contributed by atoms with E-state index in [1.807, 2.05) is 25.1 Å². The standard InChI is InChI=1S/C19H26N4O3/c1-14(22-19(24)9-10-23-13-20-12-21-23)15-7-8-17(18(11-15)25-2)26-16-5-3-4-6-16/h7-8,11-14,16H,3-6,9-10H2,1-2H3,(H,22,24)/t14-/m0/s1. The highest BCUT2D eigenvalue weighted by Gasteiger charge is 2.19. The van der Waals surface area contributed by atoms with Crippen molar-refractivity contribution in [2.24, 2.45) is 0 Å². The third-order valence-corrected chi connectivity index (χ3v) is 4.70. The summed E-state index contributed by atoms with van der Waals surface area (Å²) in [6.07, 6.45) is 8.35. The normalized spacial score (nSPS) is 15.6. The summed E-state index contributed by atoms with van der Waals surface area (Å²) in [6, 6.07) is 5.74. The predicted octanol–water partition coefficient (Wildman–Crippen LogP) is 2.88. The van der Waals surface area contributed by atoms with Crippen LogP contribution in [0.3, 0.4) is 0 Å². The highest BCUT2D eigenvalue weighted by molar-refractivity contribution is 5.76. The van der Waals surface area contributed by atoms with Gasteiger partial charge in [-0.2, -0.15) is 5.10 Å². The number of hydrogen-bond donors (Lipinski definition) is 1. The molecule has 1 saturated carbocycles. The fourth-order valence-corrected chi connectivity index (χ4v) is 3.20. The number of methoxy groups -OCH3 is 1. The average molecular weight is 358 g/mol. The number of carbonyl (C=O) groups is 1. The van der Waals surface area contributed by atoms with Crippen LogP contribution in [0.2, 0.25) is 0 Å². The molecule has 0 spiro atoms. The van der Waals surface area contributed by atoms with Gasteiger partial charge in [0.1, 0.15) is 12.7 Å². The van der Waals surface area contributed by atoms with Crippen molar-refractivity contribution < 1.29 is 14.3 Å². The second-order valence-electron chi connectivity index (χ2n) is 6.63. The Kier molecular flexibility index (Phi) is 6.09. The summed E-state index contributed by atoms with van der Waals surface area (Å²) in [4.78, 5) is 16.0. The molecule has 0 unspecified atom stereocenters. The summed E-state index contributed by atoms with van der Waals surface area (Å²) < 4.78 is 13.2. The number of nitrogens with one attached hydrogen (secondary N) is 1. The van der Waals surface area contributed by atoms with Crippen LogP contribution in [0.4, 0.5) is 0 Å². The Balaban J connectivity index is 1.57. The van der Waals surface area contributed by atoms with E-state index in [9.17, 15) is 4.79 Å². The van der Waals surface area contributed by atoms with Gasteiger partial charge in [-0.25, -0.2) is 4.98 Å². The molecule has 0 aliphatic heterocycles. The van der Waals surface area contributed by atoms with E-state index in [-0.39, 0.29) is 18.1 Å². The van der Waals surface area contributed by atoms with Gasteiger partial charge in [0, 0.05) is 6.42 Å². The van der Waals surface area contributed by atoms with Gasteiger partial charge in [0.15, 0.2) is 11.5 Å². The first-order chi connectivity index (χ1) is 12.7. The van der Waals surface area contributed by atoms with E-state index in [2.05, 4.69) is 15.4 Å². The molecule has 1 aliphatic carbocycles. The van der Waals surface area contributed by atoms with Gasteiger partial charge in [-0.15, -0.1) is 0 Å². The molecule has 1 fully saturated rings. The molecule has 1 N–H and O–H groups in total. The lowest BCUT2D eigenvalue weighted by atomic mass is 10.1. The molecular formula is C19H26N4O3. The highest BCUT2D eigenvalue weighted by atomic mass is 16.5. The Morgan fingerprint density at radius 1 is 1.35 bits per heavy atom. The van der Waals surface area contributed by atoms with Crippen LogP contribution in [-0.2, 0) is 11.3 Å². The Bertz CT molecular complexity index is 712. The molecule has 1 atom stereocenters. The summed E-state index contributed by atoms with van der Waals surface area (Å²) >= 11 is 0. The lowest BCUT2D eigenvalue weighted by Crippen LogP contribution is -2.27. The largest absolute Gasteiger partial charge is 0.493 e. The van der Waals surface area contributed by atoms with Gasteiger partial charge in [-0.05, 0) is 50.3 Å². The van der Waals surface area contributed by atoms with Gasteiger partial charge in [-0.3, -0.25) is 9.48 Å². The molecule has 1 amide bonds. The number of amides is 1. The Morgan fingerprint density at radius 3 is 2.85 bits per heavy atom. The lowest BCUT2D eigenvalue weighted by Gasteiger charge is -2.19. The Hall–Kier alpha value is -2.57. The number of rotatable bonds is 8. The molecule has 7 heteroatoms. The van der Waals surface area contributed by atoms with Gasteiger partial charge in [-0.1, -0.05) is 6.07 Å². The predicted molar refractivity (Wildman–Crippen MR) is 97.1 cm³/mol. The van der Waals surface area contributed by atoms with Crippen LogP contribution in [-0.4, -0.2) is 33.9 Å². The number of carbonyl (C=O) groups excluding carboxylic acids is 1. The fourth-order valence-electron chi connectivity index (χ4n) is 3.20. The zero-order valence-electron chi connectivity index (χ0n) is 15.4. The van der Waals surface area contributed by atoms with Crippen molar-refractivity contribution in [1.29, 1.82) is 0 Å². The SMILES string of the molecule is COc1cc([C@H](C)NC(=O)CCn2cncn2)ccc1OC1CCCC1. The summed E-state index contributed by atoms with van der Waals surface area (Å²) in [7, 11) is 1.64. The molecule has 1 aromatic heterocycles. The lowest BCUT2D eigenvalue weighted by molar-refractivity contribution is -0.122. The summed E-state index contributed by atoms with van der Waals surface area (Å²) in [5, 5.41) is 7.00. The zero-order valence-corrected chi connectivity index (χ0v) is 15.4. The number of aryl methyl sites for hydroxylation is 1. The summed E-state index contributed by atoms with van der Waals surface area (Å²) in [5.74, 6) is 1.45. The molecule has 2 aromatic rings. The quantitative estimate of drug-likeness (QED) is 0.785. The van der Waals surface area contributed by atoms with Crippen LogP contribution in [0.5, 0.6) is 11.5 Å². The minimum Gasteiger partial charge on any atom is -0.493 e. The van der Waals surface area contributed by atoms with Crippen LogP contribution in [0.25, 0.3) is 0 Å². The number of ether oxygens (including phenoxy) is 2. The van der Waals surface area contributed by atoms with Crippen molar-refractivity contribution in [3.63, 3.8) is 0 Å². The molecular weight excluding hydrogens is 332 g/mol. The number of aromatic nitrogens is 3. The maximum Gasteiger partial charge on any atom is 0.222 e. The van der Waals surface area contributed by atoms with Crippen LogP contribution < -0.4 is 14.8 Å².